The first-order valence-electron chi connectivity index (χ1n) is 7.92. The van der Waals surface area contributed by atoms with Gasteiger partial charge < -0.3 is 10.2 Å². The first-order valence-corrected chi connectivity index (χ1v) is 7.92. The fourth-order valence-corrected chi connectivity index (χ4v) is 3.92. The van der Waals surface area contributed by atoms with Crippen LogP contribution in [0.25, 0.3) is 0 Å². The third kappa shape index (κ3) is 2.31. The lowest BCUT2D eigenvalue weighted by molar-refractivity contribution is 0.488. The van der Waals surface area contributed by atoms with Crippen LogP contribution in [-0.2, 0) is 12.0 Å². The van der Waals surface area contributed by atoms with E-state index in [1.165, 1.54) is 28.8 Å². The molecule has 0 amide bonds. The maximum Gasteiger partial charge on any atom is 0.0453 e. The summed E-state index contributed by atoms with van der Waals surface area (Å²) in [7, 11) is 0. The van der Waals surface area contributed by atoms with Gasteiger partial charge in [-0.15, -0.1) is 12.4 Å². The van der Waals surface area contributed by atoms with Gasteiger partial charge in [0.1, 0.15) is 0 Å². The number of benzene rings is 2. The first-order chi connectivity index (χ1) is 10.3. The van der Waals surface area contributed by atoms with Gasteiger partial charge in [-0.3, -0.25) is 0 Å². The highest BCUT2D eigenvalue weighted by atomic mass is 35.5. The average Bonchev–Trinajstić information content (AvgIpc) is 2.75. The van der Waals surface area contributed by atoms with E-state index in [2.05, 4.69) is 65.7 Å². The number of halogens is 1. The van der Waals surface area contributed by atoms with Crippen molar-refractivity contribution in [2.24, 2.45) is 0 Å². The molecule has 0 radical (unpaired) electrons. The molecule has 0 saturated heterocycles. The van der Waals surface area contributed by atoms with Gasteiger partial charge in [-0.1, -0.05) is 55.5 Å². The summed E-state index contributed by atoms with van der Waals surface area (Å²) < 4.78 is 0. The third-order valence-electron chi connectivity index (χ3n) is 5.20. The zero-order valence-electron chi connectivity index (χ0n) is 13.0. The molecule has 0 saturated carbocycles. The second kappa shape index (κ2) is 5.94. The van der Waals surface area contributed by atoms with Crippen molar-refractivity contribution in [2.45, 2.75) is 25.3 Å². The molecule has 2 aromatic rings. The minimum atomic E-state index is 0. The van der Waals surface area contributed by atoms with Gasteiger partial charge in [0.25, 0.3) is 0 Å². The summed E-state index contributed by atoms with van der Waals surface area (Å²) >= 11 is 0. The first kappa shape index (κ1) is 15.4. The molecule has 4 rings (SSSR count). The summed E-state index contributed by atoms with van der Waals surface area (Å²) in [6, 6.07) is 17.8. The fourth-order valence-electron chi connectivity index (χ4n) is 3.92. The Hall–Kier alpha value is -1.51. The van der Waals surface area contributed by atoms with E-state index < -0.39 is 0 Å². The quantitative estimate of drug-likeness (QED) is 0.863. The molecule has 2 aliphatic rings. The van der Waals surface area contributed by atoms with Gasteiger partial charge in [0.15, 0.2) is 0 Å². The van der Waals surface area contributed by atoms with Gasteiger partial charge in [0.2, 0.25) is 0 Å². The van der Waals surface area contributed by atoms with Gasteiger partial charge in [-0.05, 0) is 23.1 Å². The molecule has 22 heavy (non-hydrogen) atoms. The van der Waals surface area contributed by atoms with Crippen LogP contribution in [0.2, 0.25) is 0 Å². The topological polar surface area (TPSA) is 15.3 Å². The highest BCUT2D eigenvalue weighted by molar-refractivity contribution is 5.85. The Morgan fingerprint density at radius 3 is 2.64 bits per heavy atom. The zero-order valence-corrected chi connectivity index (χ0v) is 13.8. The fraction of sp³-hybridized carbons (Fsp3) is 0.368. The predicted molar refractivity (Wildman–Crippen MR) is 95.1 cm³/mol. The van der Waals surface area contributed by atoms with Crippen LogP contribution in [0.5, 0.6) is 0 Å². The monoisotopic (exact) mass is 314 g/mol. The number of rotatable bonds is 1. The summed E-state index contributed by atoms with van der Waals surface area (Å²) in [6.07, 6.45) is 1.19. The van der Waals surface area contributed by atoms with E-state index in [4.69, 9.17) is 0 Å². The van der Waals surface area contributed by atoms with E-state index in [0.717, 1.165) is 26.2 Å². The second-order valence-corrected chi connectivity index (χ2v) is 6.43. The van der Waals surface area contributed by atoms with Crippen LogP contribution in [0.15, 0.2) is 48.5 Å². The molecule has 2 heterocycles. The molecule has 0 aromatic heterocycles. The Morgan fingerprint density at radius 1 is 1.00 bits per heavy atom. The van der Waals surface area contributed by atoms with E-state index in [1.807, 2.05) is 0 Å². The van der Waals surface area contributed by atoms with Crippen molar-refractivity contribution in [3.05, 3.63) is 65.2 Å². The van der Waals surface area contributed by atoms with Crippen molar-refractivity contribution in [3.8, 4) is 0 Å². The Morgan fingerprint density at radius 2 is 1.82 bits per heavy atom. The van der Waals surface area contributed by atoms with Crippen molar-refractivity contribution in [3.63, 3.8) is 0 Å². The summed E-state index contributed by atoms with van der Waals surface area (Å²) in [4.78, 5) is 2.58. The Balaban J connectivity index is 0.00000144. The summed E-state index contributed by atoms with van der Waals surface area (Å²) in [6.45, 7) is 6.75. The molecule has 2 nitrogen and oxygen atoms in total. The van der Waals surface area contributed by atoms with Crippen LogP contribution in [0, 0.1) is 0 Å². The lowest BCUT2D eigenvalue weighted by Gasteiger charge is -2.43. The van der Waals surface area contributed by atoms with E-state index in [1.54, 1.807) is 0 Å². The van der Waals surface area contributed by atoms with E-state index in [9.17, 15) is 0 Å². The number of nitrogens with one attached hydrogen (secondary N) is 1. The SMILES string of the molecule is CC1(c2ccccc2)CCN2CCNCc3cccc1c32.Cl. The standard InChI is InChI=1S/C19H22N2.ClH/c1-19(16-7-3-2-4-8-16)10-12-21-13-11-20-14-15-6-5-9-17(19)18(15)21;/h2-9,20H,10-14H2,1H3;1H. The molecule has 1 N–H and O–H groups in total. The molecular formula is C19H23ClN2. The minimum absolute atomic E-state index is 0. The molecular weight excluding hydrogens is 292 g/mol. The zero-order chi connectivity index (χ0) is 14.3. The number of anilines is 1. The molecule has 2 aromatic carbocycles. The Kier molecular flexibility index (Phi) is 4.16. The second-order valence-electron chi connectivity index (χ2n) is 6.43. The summed E-state index contributed by atoms with van der Waals surface area (Å²) in [5.41, 5.74) is 6.01. The van der Waals surface area contributed by atoms with Gasteiger partial charge in [-0.25, -0.2) is 0 Å². The number of hydrogen-bond acceptors (Lipinski definition) is 2. The highest BCUT2D eigenvalue weighted by Crippen LogP contribution is 2.45. The van der Waals surface area contributed by atoms with Crippen molar-refractivity contribution in [1.29, 1.82) is 0 Å². The van der Waals surface area contributed by atoms with Gasteiger partial charge >= 0.3 is 0 Å². The molecule has 1 atom stereocenters. The molecule has 1 unspecified atom stereocenters. The largest absolute Gasteiger partial charge is 0.370 e. The molecule has 0 spiro atoms. The number of hydrogen-bond donors (Lipinski definition) is 1. The van der Waals surface area contributed by atoms with Gasteiger partial charge in [0.05, 0.1) is 0 Å². The maximum atomic E-state index is 3.55. The molecule has 0 aliphatic carbocycles. The normalized spacial score (nSPS) is 23.2. The molecule has 3 heteroatoms. The molecule has 0 bridgehead atoms. The van der Waals surface area contributed by atoms with Crippen LogP contribution < -0.4 is 10.2 Å². The van der Waals surface area contributed by atoms with Crippen molar-refractivity contribution in [1.82, 2.24) is 5.32 Å². The van der Waals surface area contributed by atoms with Crippen LogP contribution in [0.4, 0.5) is 5.69 Å². The van der Waals surface area contributed by atoms with E-state index >= 15 is 0 Å². The Bertz CT molecular complexity index is 656. The van der Waals surface area contributed by atoms with E-state index in [-0.39, 0.29) is 17.8 Å². The van der Waals surface area contributed by atoms with Crippen molar-refractivity contribution < 1.29 is 0 Å². The minimum Gasteiger partial charge on any atom is -0.370 e. The highest BCUT2D eigenvalue weighted by Gasteiger charge is 2.37. The Labute approximate surface area is 138 Å². The summed E-state index contributed by atoms with van der Waals surface area (Å²) in [5.74, 6) is 0. The summed E-state index contributed by atoms with van der Waals surface area (Å²) in [5, 5.41) is 3.55. The smallest absolute Gasteiger partial charge is 0.0453 e. The molecule has 2 aliphatic heterocycles. The van der Waals surface area contributed by atoms with Crippen molar-refractivity contribution >= 4 is 18.1 Å². The average molecular weight is 315 g/mol. The van der Waals surface area contributed by atoms with Crippen LogP contribution in [0.1, 0.15) is 30.0 Å². The molecule has 0 fully saturated rings. The van der Waals surface area contributed by atoms with Crippen LogP contribution >= 0.6 is 12.4 Å². The van der Waals surface area contributed by atoms with Gasteiger partial charge in [-0.2, -0.15) is 0 Å². The maximum absolute atomic E-state index is 3.55. The van der Waals surface area contributed by atoms with Crippen molar-refractivity contribution in [2.75, 3.05) is 24.5 Å². The molecule has 116 valence electrons. The van der Waals surface area contributed by atoms with Gasteiger partial charge in [0, 0.05) is 37.3 Å². The predicted octanol–water partition coefficient (Wildman–Crippen LogP) is 3.73. The lowest BCUT2D eigenvalue weighted by atomic mass is 9.70. The number of para-hydroxylation sites is 1. The van der Waals surface area contributed by atoms with E-state index in [0.29, 0.717) is 0 Å². The number of nitrogens with zero attached hydrogens (tertiary/aromatic N) is 1. The van der Waals surface area contributed by atoms with Crippen LogP contribution in [-0.4, -0.2) is 19.6 Å². The lowest BCUT2D eigenvalue weighted by Crippen LogP contribution is -2.41. The third-order valence-corrected chi connectivity index (χ3v) is 5.20. The van der Waals surface area contributed by atoms with Crippen LogP contribution in [0.3, 0.4) is 0 Å².